The number of hydrogen-bond donors (Lipinski definition) is 2. The van der Waals surface area contributed by atoms with Crippen LogP contribution < -0.4 is 14.9 Å². The Morgan fingerprint density at radius 2 is 1.71 bits per heavy atom. The van der Waals surface area contributed by atoms with Crippen molar-refractivity contribution >= 4 is 27.3 Å². The molecule has 2 aromatic carbocycles. The molecule has 1 heterocycles. The third-order valence-electron chi connectivity index (χ3n) is 5.39. The first-order valence-corrected chi connectivity index (χ1v) is 12.5. The highest BCUT2D eigenvalue weighted by atomic mass is 32.2. The van der Waals surface area contributed by atoms with Gasteiger partial charge in [0.15, 0.2) is 0 Å². The van der Waals surface area contributed by atoms with Crippen LogP contribution in [-0.2, 0) is 10.0 Å². The van der Waals surface area contributed by atoms with E-state index >= 15 is 0 Å². The minimum absolute atomic E-state index is 0.265. The van der Waals surface area contributed by atoms with Gasteiger partial charge < -0.3 is 10.2 Å². The molecule has 0 bridgehead atoms. The molecule has 1 saturated heterocycles. The average molecular weight is 445 g/mol. The Hall–Kier alpha value is -2.58. The Kier molecular flexibility index (Phi) is 7.56. The van der Waals surface area contributed by atoms with Crippen LogP contribution in [0.2, 0.25) is 0 Å². The summed E-state index contributed by atoms with van der Waals surface area (Å²) >= 11 is 0. The third kappa shape index (κ3) is 6.97. The summed E-state index contributed by atoms with van der Waals surface area (Å²) in [6.45, 7) is 9.46. The standard InChI is InChI=1S/C23H32N4O3S/c1-18-6-4-7-20(16-18)27-14-12-26(13-15-27)11-5-10-24-23(28)21-17-19(2)8-9-22(21)25-31(3,29)30/h4,6-9,16-17,25H,5,10-15H2,1-3H3,(H,24,28). The quantitative estimate of drug-likeness (QED) is 0.612. The molecular formula is C23H32N4O3S. The molecular weight excluding hydrogens is 412 g/mol. The van der Waals surface area contributed by atoms with Crippen molar-refractivity contribution in [1.82, 2.24) is 10.2 Å². The maximum atomic E-state index is 12.6. The van der Waals surface area contributed by atoms with Crippen LogP contribution in [-0.4, -0.2) is 64.7 Å². The maximum Gasteiger partial charge on any atom is 0.253 e. The number of aryl methyl sites for hydroxylation is 2. The molecule has 0 aliphatic carbocycles. The van der Waals surface area contributed by atoms with E-state index in [1.54, 1.807) is 18.2 Å². The molecule has 2 aromatic rings. The van der Waals surface area contributed by atoms with Crippen molar-refractivity contribution in [2.75, 3.05) is 55.1 Å². The number of amides is 1. The first-order chi connectivity index (χ1) is 14.7. The van der Waals surface area contributed by atoms with E-state index < -0.39 is 10.0 Å². The number of anilines is 2. The van der Waals surface area contributed by atoms with E-state index in [0.29, 0.717) is 17.8 Å². The Balaban J connectivity index is 1.44. The van der Waals surface area contributed by atoms with Crippen LogP contribution >= 0.6 is 0 Å². The Bertz CT molecular complexity index is 1020. The van der Waals surface area contributed by atoms with Gasteiger partial charge in [-0.3, -0.25) is 14.4 Å². The molecule has 1 fully saturated rings. The van der Waals surface area contributed by atoms with Crippen LogP contribution in [0.5, 0.6) is 0 Å². The highest BCUT2D eigenvalue weighted by Gasteiger charge is 2.18. The summed E-state index contributed by atoms with van der Waals surface area (Å²) in [5.74, 6) is -0.265. The van der Waals surface area contributed by atoms with Gasteiger partial charge in [0, 0.05) is 38.4 Å². The van der Waals surface area contributed by atoms with Crippen molar-refractivity contribution in [3.63, 3.8) is 0 Å². The van der Waals surface area contributed by atoms with Crippen LogP contribution in [0.25, 0.3) is 0 Å². The SMILES string of the molecule is Cc1cccc(N2CCN(CCCNC(=O)c3cc(C)ccc3NS(C)(=O)=O)CC2)c1. The largest absolute Gasteiger partial charge is 0.369 e. The lowest BCUT2D eigenvalue weighted by atomic mass is 10.1. The van der Waals surface area contributed by atoms with Crippen LogP contribution in [0, 0.1) is 13.8 Å². The van der Waals surface area contributed by atoms with Gasteiger partial charge >= 0.3 is 0 Å². The minimum atomic E-state index is -3.45. The molecule has 0 atom stereocenters. The van der Waals surface area contributed by atoms with Gasteiger partial charge in [0.05, 0.1) is 17.5 Å². The number of sulfonamides is 1. The molecule has 168 valence electrons. The average Bonchev–Trinajstić information content (AvgIpc) is 2.72. The van der Waals surface area contributed by atoms with E-state index in [1.807, 2.05) is 6.92 Å². The van der Waals surface area contributed by atoms with Crippen molar-refractivity contribution in [3.8, 4) is 0 Å². The second-order valence-corrected chi connectivity index (χ2v) is 9.95. The smallest absolute Gasteiger partial charge is 0.253 e. The Morgan fingerprint density at radius 1 is 1.00 bits per heavy atom. The third-order valence-corrected chi connectivity index (χ3v) is 5.98. The molecule has 3 rings (SSSR count). The topological polar surface area (TPSA) is 81.8 Å². The molecule has 8 heteroatoms. The van der Waals surface area contributed by atoms with E-state index in [0.717, 1.165) is 51.0 Å². The zero-order valence-electron chi connectivity index (χ0n) is 18.5. The summed E-state index contributed by atoms with van der Waals surface area (Å²) in [7, 11) is -3.45. The van der Waals surface area contributed by atoms with E-state index in [-0.39, 0.29) is 5.91 Å². The Morgan fingerprint density at radius 3 is 2.39 bits per heavy atom. The van der Waals surface area contributed by atoms with Gasteiger partial charge in [0.25, 0.3) is 5.91 Å². The molecule has 0 unspecified atom stereocenters. The van der Waals surface area contributed by atoms with Gasteiger partial charge in [0.1, 0.15) is 0 Å². The number of piperazine rings is 1. The number of carbonyl (C=O) groups excluding carboxylic acids is 1. The normalized spacial score (nSPS) is 15.0. The fourth-order valence-electron chi connectivity index (χ4n) is 3.79. The van der Waals surface area contributed by atoms with Gasteiger partial charge in [-0.05, 0) is 56.6 Å². The molecule has 1 aliphatic heterocycles. The lowest BCUT2D eigenvalue weighted by Gasteiger charge is -2.36. The monoisotopic (exact) mass is 444 g/mol. The van der Waals surface area contributed by atoms with E-state index in [9.17, 15) is 13.2 Å². The fourth-order valence-corrected chi connectivity index (χ4v) is 4.37. The highest BCUT2D eigenvalue weighted by molar-refractivity contribution is 7.92. The summed E-state index contributed by atoms with van der Waals surface area (Å²) in [5.41, 5.74) is 4.11. The Labute approximate surface area is 185 Å². The molecule has 7 nitrogen and oxygen atoms in total. The number of carbonyl (C=O) groups is 1. The molecule has 0 spiro atoms. The van der Waals surface area contributed by atoms with Crippen LogP contribution in [0.4, 0.5) is 11.4 Å². The minimum Gasteiger partial charge on any atom is -0.369 e. The molecule has 2 N–H and O–H groups in total. The number of nitrogens with zero attached hydrogens (tertiary/aromatic N) is 2. The van der Waals surface area contributed by atoms with Gasteiger partial charge in [-0.1, -0.05) is 23.8 Å². The first kappa shape index (κ1) is 23.1. The van der Waals surface area contributed by atoms with Crippen molar-refractivity contribution < 1.29 is 13.2 Å². The maximum absolute atomic E-state index is 12.6. The second-order valence-electron chi connectivity index (χ2n) is 8.20. The fraction of sp³-hybridized carbons (Fsp3) is 0.435. The van der Waals surface area contributed by atoms with E-state index in [2.05, 4.69) is 51.0 Å². The molecule has 0 aromatic heterocycles. The van der Waals surface area contributed by atoms with E-state index in [1.165, 1.54) is 11.3 Å². The summed E-state index contributed by atoms with van der Waals surface area (Å²) in [6, 6.07) is 13.7. The zero-order valence-corrected chi connectivity index (χ0v) is 19.3. The number of nitrogens with one attached hydrogen (secondary N) is 2. The van der Waals surface area contributed by atoms with Crippen LogP contribution in [0.15, 0.2) is 42.5 Å². The van der Waals surface area contributed by atoms with Crippen LogP contribution in [0.1, 0.15) is 27.9 Å². The summed E-state index contributed by atoms with van der Waals surface area (Å²) in [6.07, 6.45) is 1.92. The number of rotatable bonds is 8. The van der Waals surface area contributed by atoms with E-state index in [4.69, 9.17) is 0 Å². The second kappa shape index (κ2) is 10.2. The number of benzene rings is 2. The van der Waals surface area contributed by atoms with Crippen molar-refractivity contribution in [1.29, 1.82) is 0 Å². The van der Waals surface area contributed by atoms with Gasteiger partial charge in [-0.2, -0.15) is 0 Å². The molecule has 1 aliphatic rings. The van der Waals surface area contributed by atoms with Gasteiger partial charge in [0.2, 0.25) is 10.0 Å². The molecule has 1 amide bonds. The summed E-state index contributed by atoms with van der Waals surface area (Å²) < 4.78 is 25.6. The lowest BCUT2D eigenvalue weighted by Crippen LogP contribution is -2.47. The predicted octanol–water partition coefficient (Wildman–Crippen LogP) is 2.62. The molecule has 0 saturated carbocycles. The lowest BCUT2D eigenvalue weighted by molar-refractivity contribution is 0.0952. The summed E-state index contributed by atoms with van der Waals surface area (Å²) in [5, 5.41) is 2.92. The first-order valence-electron chi connectivity index (χ1n) is 10.6. The van der Waals surface area contributed by atoms with Crippen molar-refractivity contribution in [3.05, 3.63) is 59.2 Å². The molecule has 31 heavy (non-hydrogen) atoms. The van der Waals surface area contributed by atoms with Crippen LogP contribution in [0.3, 0.4) is 0 Å². The zero-order chi connectivity index (χ0) is 22.4. The van der Waals surface area contributed by atoms with Gasteiger partial charge in [-0.25, -0.2) is 8.42 Å². The van der Waals surface area contributed by atoms with Crippen molar-refractivity contribution in [2.45, 2.75) is 20.3 Å². The number of hydrogen-bond acceptors (Lipinski definition) is 5. The molecule has 0 radical (unpaired) electrons. The van der Waals surface area contributed by atoms with Crippen molar-refractivity contribution in [2.24, 2.45) is 0 Å². The highest BCUT2D eigenvalue weighted by Crippen LogP contribution is 2.19. The predicted molar refractivity (Wildman–Crippen MR) is 126 cm³/mol. The summed E-state index contributed by atoms with van der Waals surface area (Å²) in [4.78, 5) is 17.5. The van der Waals surface area contributed by atoms with Gasteiger partial charge in [-0.15, -0.1) is 0 Å².